The molecule has 0 aromatic heterocycles. The zero-order valence-electron chi connectivity index (χ0n) is 15.0. The van der Waals surface area contributed by atoms with E-state index in [4.69, 9.17) is 4.74 Å². The van der Waals surface area contributed by atoms with E-state index in [0.29, 0.717) is 11.5 Å². The molecule has 1 aliphatic carbocycles. The maximum absolute atomic E-state index is 13.2. The van der Waals surface area contributed by atoms with Crippen molar-refractivity contribution in [3.05, 3.63) is 65.2 Å². The minimum Gasteiger partial charge on any atom is -0.423 e. The SMILES string of the molecule is CCCC1CCC(c2ccc(C(=O)Oc3ccc(F)c(F)c3)cc2)CC1. The molecule has 0 atom stereocenters. The highest BCUT2D eigenvalue weighted by Crippen LogP contribution is 2.37. The second-order valence-electron chi connectivity index (χ2n) is 7.09. The Hall–Kier alpha value is -2.23. The second-order valence-corrected chi connectivity index (χ2v) is 7.09. The lowest BCUT2D eigenvalue weighted by Crippen LogP contribution is -2.13. The first kappa shape index (κ1) is 18.6. The van der Waals surface area contributed by atoms with Crippen LogP contribution in [0.5, 0.6) is 5.75 Å². The average Bonchev–Trinajstić information content (AvgIpc) is 2.66. The van der Waals surface area contributed by atoms with Gasteiger partial charge in [-0.05, 0) is 67.3 Å². The Morgan fingerprint density at radius 3 is 2.31 bits per heavy atom. The highest BCUT2D eigenvalue weighted by Gasteiger charge is 2.22. The number of hydrogen-bond acceptors (Lipinski definition) is 2. The molecule has 0 N–H and O–H groups in total. The van der Waals surface area contributed by atoms with Gasteiger partial charge in [0.1, 0.15) is 5.75 Å². The lowest BCUT2D eigenvalue weighted by molar-refractivity contribution is 0.0734. The molecule has 0 bridgehead atoms. The van der Waals surface area contributed by atoms with Crippen molar-refractivity contribution in [1.29, 1.82) is 0 Å². The van der Waals surface area contributed by atoms with Gasteiger partial charge in [-0.15, -0.1) is 0 Å². The van der Waals surface area contributed by atoms with Crippen LogP contribution in [0.3, 0.4) is 0 Å². The van der Waals surface area contributed by atoms with Gasteiger partial charge in [0.2, 0.25) is 0 Å². The summed E-state index contributed by atoms with van der Waals surface area (Å²) in [6.45, 7) is 2.24. The summed E-state index contributed by atoms with van der Waals surface area (Å²) in [5.74, 6) is -1.17. The predicted molar refractivity (Wildman–Crippen MR) is 97.4 cm³/mol. The maximum atomic E-state index is 13.2. The number of carbonyl (C=O) groups is 1. The fourth-order valence-electron chi connectivity index (χ4n) is 3.79. The smallest absolute Gasteiger partial charge is 0.343 e. The molecule has 2 aromatic carbocycles. The lowest BCUT2D eigenvalue weighted by Gasteiger charge is -2.28. The summed E-state index contributed by atoms with van der Waals surface area (Å²) < 4.78 is 31.2. The van der Waals surface area contributed by atoms with Crippen molar-refractivity contribution in [3.8, 4) is 5.75 Å². The van der Waals surface area contributed by atoms with Crippen molar-refractivity contribution in [3.63, 3.8) is 0 Å². The first-order valence-electron chi connectivity index (χ1n) is 9.34. The summed E-state index contributed by atoms with van der Waals surface area (Å²) in [5.41, 5.74) is 1.66. The molecular weight excluding hydrogens is 334 g/mol. The van der Waals surface area contributed by atoms with E-state index in [2.05, 4.69) is 6.92 Å². The van der Waals surface area contributed by atoms with Crippen LogP contribution < -0.4 is 4.74 Å². The van der Waals surface area contributed by atoms with E-state index >= 15 is 0 Å². The number of benzene rings is 2. The van der Waals surface area contributed by atoms with E-state index in [-0.39, 0.29) is 5.75 Å². The first-order chi connectivity index (χ1) is 12.6. The van der Waals surface area contributed by atoms with Gasteiger partial charge in [-0.25, -0.2) is 13.6 Å². The Kier molecular flexibility index (Phi) is 6.02. The Morgan fingerprint density at radius 1 is 1.00 bits per heavy atom. The summed E-state index contributed by atoms with van der Waals surface area (Å²) in [6.07, 6.45) is 7.52. The molecule has 26 heavy (non-hydrogen) atoms. The molecule has 0 saturated heterocycles. The van der Waals surface area contributed by atoms with Crippen LogP contribution in [0.2, 0.25) is 0 Å². The summed E-state index contributed by atoms with van der Waals surface area (Å²) in [7, 11) is 0. The highest BCUT2D eigenvalue weighted by molar-refractivity contribution is 5.91. The maximum Gasteiger partial charge on any atom is 0.343 e. The number of rotatable bonds is 5. The van der Waals surface area contributed by atoms with Gasteiger partial charge in [0.05, 0.1) is 5.56 Å². The van der Waals surface area contributed by atoms with Gasteiger partial charge in [0.15, 0.2) is 11.6 Å². The van der Waals surface area contributed by atoms with Crippen molar-refractivity contribution in [2.45, 2.75) is 51.4 Å². The van der Waals surface area contributed by atoms with Crippen molar-refractivity contribution in [1.82, 2.24) is 0 Å². The third kappa shape index (κ3) is 4.48. The van der Waals surface area contributed by atoms with Crippen molar-refractivity contribution >= 4 is 5.97 Å². The van der Waals surface area contributed by atoms with Gasteiger partial charge in [0, 0.05) is 6.07 Å². The van der Waals surface area contributed by atoms with E-state index in [1.165, 1.54) is 50.2 Å². The topological polar surface area (TPSA) is 26.3 Å². The molecule has 0 aliphatic heterocycles. The van der Waals surface area contributed by atoms with Crippen molar-refractivity contribution in [2.75, 3.05) is 0 Å². The fourth-order valence-corrected chi connectivity index (χ4v) is 3.79. The van der Waals surface area contributed by atoms with Crippen molar-refractivity contribution < 1.29 is 18.3 Å². The monoisotopic (exact) mass is 358 g/mol. The molecule has 1 saturated carbocycles. The number of halogens is 2. The predicted octanol–water partition coefficient (Wildman–Crippen LogP) is 6.26. The summed E-state index contributed by atoms with van der Waals surface area (Å²) >= 11 is 0. The molecule has 0 unspecified atom stereocenters. The van der Waals surface area contributed by atoms with Crippen LogP contribution in [0.15, 0.2) is 42.5 Å². The van der Waals surface area contributed by atoms with Gasteiger partial charge in [-0.3, -0.25) is 0 Å². The summed E-state index contributed by atoms with van der Waals surface area (Å²) in [5, 5.41) is 0. The highest BCUT2D eigenvalue weighted by atomic mass is 19.2. The third-order valence-corrected chi connectivity index (χ3v) is 5.26. The zero-order chi connectivity index (χ0) is 18.5. The number of ether oxygens (including phenoxy) is 1. The Morgan fingerprint density at radius 2 is 1.69 bits per heavy atom. The minimum atomic E-state index is -1.04. The Balaban J connectivity index is 1.60. The lowest BCUT2D eigenvalue weighted by atomic mass is 9.77. The average molecular weight is 358 g/mol. The molecule has 0 amide bonds. The molecular formula is C22H24F2O2. The molecule has 2 nitrogen and oxygen atoms in total. The molecule has 3 rings (SSSR count). The van der Waals surface area contributed by atoms with Crippen LogP contribution in [0.1, 0.15) is 67.3 Å². The van der Waals surface area contributed by atoms with Gasteiger partial charge in [0.25, 0.3) is 0 Å². The van der Waals surface area contributed by atoms with Crippen LogP contribution in [0.4, 0.5) is 8.78 Å². The van der Waals surface area contributed by atoms with Crippen LogP contribution in [0, 0.1) is 17.6 Å². The fraction of sp³-hybridized carbons (Fsp3) is 0.409. The summed E-state index contributed by atoms with van der Waals surface area (Å²) in [4.78, 5) is 12.2. The van der Waals surface area contributed by atoms with Crippen LogP contribution >= 0.6 is 0 Å². The molecule has 0 radical (unpaired) electrons. The molecule has 2 aromatic rings. The summed E-state index contributed by atoms with van der Waals surface area (Å²) in [6, 6.07) is 10.5. The molecule has 1 aliphatic rings. The second kappa shape index (κ2) is 8.43. The standard InChI is InChI=1S/C22H24F2O2/c1-2-3-15-4-6-16(7-5-15)17-8-10-18(11-9-17)22(25)26-19-12-13-20(23)21(24)14-19/h8-16H,2-7H2,1H3. The van der Waals surface area contributed by atoms with Crippen LogP contribution in [-0.4, -0.2) is 5.97 Å². The molecule has 4 heteroatoms. The van der Waals surface area contributed by atoms with Gasteiger partial charge in [-0.2, -0.15) is 0 Å². The van der Waals surface area contributed by atoms with Crippen molar-refractivity contribution in [2.24, 2.45) is 5.92 Å². The van der Waals surface area contributed by atoms with E-state index in [0.717, 1.165) is 18.1 Å². The van der Waals surface area contributed by atoms with Crippen LogP contribution in [0.25, 0.3) is 0 Å². The Labute approximate surface area is 153 Å². The minimum absolute atomic E-state index is 0.00720. The molecule has 0 heterocycles. The number of hydrogen-bond donors (Lipinski definition) is 0. The van der Waals surface area contributed by atoms with Gasteiger partial charge < -0.3 is 4.74 Å². The van der Waals surface area contributed by atoms with Gasteiger partial charge in [-0.1, -0.05) is 31.9 Å². The Bertz CT molecular complexity index is 747. The first-order valence-corrected chi connectivity index (χ1v) is 9.34. The normalized spacial score (nSPS) is 20.0. The quantitative estimate of drug-likeness (QED) is 0.466. The molecule has 0 spiro atoms. The molecule has 1 fully saturated rings. The van der Waals surface area contributed by atoms with E-state index in [1.807, 2.05) is 12.1 Å². The third-order valence-electron chi connectivity index (χ3n) is 5.26. The largest absolute Gasteiger partial charge is 0.423 e. The van der Waals surface area contributed by atoms with E-state index in [9.17, 15) is 13.6 Å². The van der Waals surface area contributed by atoms with E-state index in [1.54, 1.807) is 12.1 Å². The number of esters is 1. The number of carbonyl (C=O) groups excluding carboxylic acids is 1. The molecule has 138 valence electrons. The van der Waals surface area contributed by atoms with E-state index < -0.39 is 17.6 Å². The van der Waals surface area contributed by atoms with Crippen LogP contribution in [-0.2, 0) is 0 Å². The zero-order valence-corrected chi connectivity index (χ0v) is 15.0. The van der Waals surface area contributed by atoms with Gasteiger partial charge >= 0.3 is 5.97 Å².